The molecule has 4 aromatic rings. The maximum atomic E-state index is 12.6. The Balaban J connectivity index is 1.40. The van der Waals surface area contributed by atoms with Gasteiger partial charge in [0.25, 0.3) is 0 Å². The molecular weight excluding hydrogens is 392 g/mol. The smallest absolute Gasteiger partial charge is 0.224 e. The van der Waals surface area contributed by atoms with Gasteiger partial charge in [0.1, 0.15) is 11.5 Å². The van der Waals surface area contributed by atoms with Crippen LogP contribution in [-0.2, 0) is 17.8 Å². The van der Waals surface area contributed by atoms with E-state index < -0.39 is 0 Å². The third-order valence-corrected chi connectivity index (χ3v) is 5.44. The zero-order valence-corrected chi connectivity index (χ0v) is 17.9. The van der Waals surface area contributed by atoms with Crippen molar-refractivity contribution in [3.63, 3.8) is 0 Å². The van der Waals surface area contributed by atoms with E-state index in [-0.39, 0.29) is 12.3 Å². The summed E-state index contributed by atoms with van der Waals surface area (Å²) >= 11 is 0. The zero-order valence-electron chi connectivity index (χ0n) is 17.9. The number of H-pyrrole nitrogens is 1. The number of nitrogens with zero attached hydrogens (tertiary/aromatic N) is 2. The molecule has 2 heterocycles. The second kappa shape index (κ2) is 8.95. The second-order valence-corrected chi connectivity index (χ2v) is 7.33. The number of amides is 1. The third-order valence-electron chi connectivity index (χ3n) is 5.44. The van der Waals surface area contributed by atoms with Gasteiger partial charge < -0.3 is 19.4 Å². The van der Waals surface area contributed by atoms with E-state index in [1.807, 2.05) is 55.6 Å². The number of methoxy groups -OCH3 is 2. The molecule has 7 nitrogen and oxygen atoms in total. The minimum absolute atomic E-state index is 0.0340. The Kier molecular flexibility index (Phi) is 5.93. The highest BCUT2D eigenvalue weighted by molar-refractivity contribution is 5.86. The van der Waals surface area contributed by atoms with Crippen molar-refractivity contribution in [2.75, 3.05) is 20.8 Å². The third kappa shape index (κ3) is 4.26. The standard InChI is InChI=1S/C24H26N4O3/c1-16-20(24(27-26-16)17-7-9-18(30-2)10-8-17)15-23(29)25-12-14-28-13-11-19-21(28)5-4-6-22(19)31-3/h4-11,13H,12,14-15H2,1-3H3,(H,25,29)(H,26,27). The first-order valence-corrected chi connectivity index (χ1v) is 10.2. The quantitative estimate of drug-likeness (QED) is 0.457. The van der Waals surface area contributed by atoms with Gasteiger partial charge in [-0.3, -0.25) is 9.89 Å². The van der Waals surface area contributed by atoms with Gasteiger partial charge in [-0.2, -0.15) is 5.10 Å². The second-order valence-electron chi connectivity index (χ2n) is 7.33. The van der Waals surface area contributed by atoms with Gasteiger partial charge in [-0.25, -0.2) is 0 Å². The predicted octanol–water partition coefficient (Wildman–Crippen LogP) is 3.72. The van der Waals surface area contributed by atoms with Crippen LogP contribution < -0.4 is 14.8 Å². The molecular formula is C24H26N4O3. The van der Waals surface area contributed by atoms with Crippen LogP contribution in [0.25, 0.3) is 22.2 Å². The van der Waals surface area contributed by atoms with E-state index in [0.29, 0.717) is 13.1 Å². The van der Waals surface area contributed by atoms with Gasteiger partial charge in [-0.05, 0) is 49.4 Å². The topological polar surface area (TPSA) is 81.2 Å². The first kappa shape index (κ1) is 20.5. The Morgan fingerprint density at radius 2 is 1.90 bits per heavy atom. The van der Waals surface area contributed by atoms with E-state index in [4.69, 9.17) is 9.47 Å². The molecule has 0 saturated heterocycles. The van der Waals surface area contributed by atoms with Crippen LogP contribution in [0, 0.1) is 6.92 Å². The van der Waals surface area contributed by atoms with Gasteiger partial charge in [-0.1, -0.05) is 6.07 Å². The molecule has 160 valence electrons. The molecule has 2 aromatic carbocycles. The summed E-state index contributed by atoms with van der Waals surface area (Å²) in [5.41, 5.74) is 4.61. The molecule has 2 N–H and O–H groups in total. The van der Waals surface area contributed by atoms with E-state index in [2.05, 4.69) is 26.1 Å². The number of benzene rings is 2. The van der Waals surface area contributed by atoms with E-state index >= 15 is 0 Å². The molecule has 0 bridgehead atoms. The molecule has 0 aliphatic heterocycles. The van der Waals surface area contributed by atoms with Crippen molar-refractivity contribution in [1.82, 2.24) is 20.1 Å². The van der Waals surface area contributed by atoms with Crippen LogP contribution in [0.2, 0.25) is 0 Å². The van der Waals surface area contributed by atoms with Gasteiger partial charge in [0.05, 0.1) is 31.9 Å². The molecule has 0 unspecified atom stereocenters. The van der Waals surface area contributed by atoms with Crippen molar-refractivity contribution < 1.29 is 14.3 Å². The van der Waals surface area contributed by atoms with Crippen molar-refractivity contribution in [2.24, 2.45) is 0 Å². The lowest BCUT2D eigenvalue weighted by atomic mass is 10.0. The number of nitrogens with one attached hydrogen (secondary N) is 2. The average Bonchev–Trinajstić information content (AvgIpc) is 3.37. The van der Waals surface area contributed by atoms with Gasteiger partial charge in [-0.15, -0.1) is 0 Å². The van der Waals surface area contributed by atoms with E-state index in [1.165, 1.54) is 0 Å². The van der Waals surface area contributed by atoms with Crippen molar-refractivity contribution in [1.29, 1.82) is 0 Å². The van der Waals surface area contributed by atoms with Gasteiger partial charge in [0, 0.05) is 41.5 Å². The monoisotopic (exact) mass is 418 g/mol. The summed E-state index contributed by atoms with van der Waals surface area (Å²) in [7, 11) is 3.31. The van der Waals surface area contributed by atoms with Crippen LogP contribution in [0.1, 0.15) is 11.3 Å². The van der Waals surface area contributed by atoms with Crippen LogP contribution in [0.5, 0.6) is 11.5 Å². The maximum Gasteiger partial charge on any atom is 0.224 e. The van der Waals surface area contributed by atoms with Crippen LogP contribution >= 0.6 is 0 Å². The Hall–Kier alpha value is -3.74. The number of fused-ring (bicyclic) bond motifs is 1. The number of aromatic nitrogens is 3. The van der Waals surface area contributed by atoms with Gasteiger partial charge in [0.15, 0.2) is 0 Å². The highest BCUT2D eigenvalue weighted by Gasteiger charge is 2.16. The molecule has 0 radical (unpaired) electrons. The molecule has 0 fully saturated rings. The van der Waals surface area contributed by atoms with Crippen molar-refractivity contribution in [3.8, 4) is 22.8 Å². The first-order valence-electron chi connectivity index (χ1n) is 10.2. The fourth-order valence-electron chi connectivity index (χ4n) is 3.76. The number of carbonyl (C=O) groups is 1. The highest BCUT2D eigenvalue weighted by Crippen LogP contribution is 2.27. The average molecular weight is 418 g/mol. The lowest BCUT2D eigenvalue weighted by Gasteiger charge is -2.09. The molecule has 0 atom stereocenters. The number of ether oxygens (including phenoxy) is 2. The highest BCUT2D eigenvalue weighted by atomic mass is 16.5. The molecule has 0 aliphatic rings. The molecule has 2 aromatic heterocycles. The largest absolute Gasteiger partial charge is 0.497 e. The lowest BCUT2D eigenvalue weighted by Crippen LogP contribution is -2.28. The molecule has 31 heavy (non-hydrogen) atoms. The number of hydrogen-bond acceptors (Lipinski definition) is 4. The number of hydrogen-bond donors (Lipinski definition) is 2. The van der Waals surface area contributed by atoms with E-state index in [9.17, 15) is 4.79 Å². The first-order chi connectivity index (χ1) is 15.1. The summed E-state index contributed by atoms with van der Waals surface area (Å²) < 4.78 is 12.7. The van der Waals surface area contributed by atoms with Gasteiger partial charge in [0.2, 0.25) is 5.91 Å². The van der Waals surface area contributed by atoms with E-state index in [0.717, 1.165) is 44.9 Å². The minimum atomic E-state index is -0.0340. The maximum absolute atomic E-state index is 12.6. The van der Waals surface area contributed by atoms with Crippen LogP contribution in [0.3, 0.4) is 0 Å². The summed E-state index contributed by atoms with van der Waals surface area (Å²) in [6, 6.07) is 15.7. The SMILES string of the molecule is COc1ccc(-c2n[nH]c(C)c2CC(=O)NCCn2ccc3c(OC)cccc32)cc1. The number of carbonyl (C=O) groups excluding carboxylic acids is 1. The van der Waals surface area contributed by atoms with Crippen LogP contribution in [0.15, 0.2) is 54.7 Å². The molecule has 7 heteroatoms. The Bertz CT molecular complexity index is 1190. The number of aryl methyl sites for hydroxylation is 1. The number of rotatable bonds is 8. The zero-order chi connectivity index (χ0) is 21.8. The normalized spacial score (nSPS) is 10.9. The van der Waals surface area contributed by atoms with E-state index in [1.54, 1.807) is 14.2 Å². The molecule has 0 spiro atoms. The van der Waals surface area contributed by atoms with Crippen molar-refractivity contribution in [2.45, 2.75) is 19.9 Å². The minimum Gasteiger partial charge on any atom is -0.497 e. The van der Waals surface area contributed by atoms with Crippen LogP contribution in [0.4, 0.5) is 0 Å². The number of aromatic amines is 1. The molecule has 4 rings (SSSR count). The fourth-order valence-corrected chi connectivity index (χ4v) is 3.76. The Labute approximate surface area is 181 Å². The van der Waals surface area contributed by atoms with Crippen molar-refractivity contribution in [3.05, 3.63) is 66.0 Å². The molecule has 1 amide bonds. The lowest BCUT2D eigenvalue weighted by molar-refractivity contribution is -0.120. The predicted molar refractivity (Wildman–Crippen MR) is 121 cm³/mol. The summed E-state index contributed by atoms with van der Waals surface area (Å²) in [4.78, 5) is 12.6. The van der Waals surface area contributed by atoms with Crippen molar-refractivity contribution >= 4 is 16.8 Å². The summed E-state index contributed by atoms with van der Waals surface area (Å²) in [6.45, 7) is 3.15. The Morgan fingerprint density at radius 3 is 2.65 bits per heavy atom. The summed E-state index contributed by atoms with van der Waals surface area (Å²) in [5.74, 6) is 1.60. The molecule has 0 saturated carbocycles. The van der Waals surface area contributed by atoms with Crippen LogP contribution in [-0.4, -0.2) is 41.4 Å². The Morgan fingerprint density at radius 1 is 1.10 bits per heavy atom. The summed E-state index contributed by atoms with van der Waals surface area (Å²) in [6.07, 6.45) is 2.28. The molecule has 0 aliphatic carbocycles. The fraction of sp³-hybridized carbons (Fsp3) is 0.250. The van der Waals surface area contributed by atoms with Gasteiger partial charge >= 0.3 is 0 Å². The summed E-state index contributed by atoms with van der Waals surface area (Å²) in [5, 5.41) is 11.5.